The number of benzene rings is 1. The summed E-state index contributed by atoms with van der Waals surface area (Å²) in [4.78, 5) is 10.8. The van der Waals surface area contributed by atoms with Crippen molar-refractivity contribution in [2.45, 2.75) is 20.0 Å². The highest BCUT2D eigenvalue weighted by atomic mass is 35.5. The minimum atomic E-state index is 0.580. The predicted octanol–water partition coefficient (Wildman–Crippen LogP) is 3.32. The average Bonchev–Trinajstić information content (AvgIpc) is 2.93. The van der Waals surface area contributed by atoms with Crippen molar-refractivity contribution in [2.24, 2.45) is 4.99 Å². The van der Waals surface area contributed by atoms with Crippen LogP contribution in [0.1, 0.15) is 16.3 Å². The Balaban J connectivity index is 2.01. The molecule has 0 saturated carbocycles. The minimum Gasteiger partial charge on any atom is -0.496 e. The molecule has 0 atom stereocenters. The second kappa shape index (κ2) is 8.17. The number of hydrogen-bond donors (Lipinski definition) is 1. The van der Waals surface area contributed by atoms with Crippen LogP contribution in [0.25, 0.3) is 0 Å². The molecule has 1 N–H and O–H groups in total. The van der Waals surface area contributed by atoms with Gasteiger partial charge in [-0.1, -0.05) is 11.6 Å². The molecular weight excluding hydrogens is 332 g/mol. The van der Waals surface area contributed by atoms with Crippen LogP contribution < -0.4 is 10.1 Å². The van der Waals surface area contributed by atoms with E-state index < -0.39 is 0 Å². The Bertz CT molecular complexity index is 686. The van der Waals surface area contributed by atoms with Crippen molar-refractivity contribution in [2.75, 3.05) is 21.2 Å². The first-order chi connectivity index (χ1) is 11.0. The van der Waals surface area contributed by atoms with E-state index >= 15 is 0 Å². The number of guanidine groups is 1. The number of hydrogen-bond acceptors (Lipinski definition) is 4. The van der Waals surface area contributed by atoms with Gasteiger partial charge >= 0.3 is 0 Å². The summed E-state index contributed by atoms with van der Waals surface area (Å²) >= 11 is 7.72. The largest absolute Gasteiger partial charge is 0.496 e. The van der Waals surface area contributed by atoms with E-state index in [1.54, 1.807) is 25.5 Å². The molecule has 0 fully saturated rings. The molecule has 0 amide bonds. The van der Waals surface area contributed by atoms with Gasteiger partial charge in [0, 0.05) is 36.6 Å². The standard InChI is InChI=1S/C16H21ClN4OS/c1-11-20-14(10-23-11)9-21(3)16(18-2)19-8-12-7-13(17)5-6-15(12)22-4/h5-7,10H,8-9H2,1-4H3,(H,18,19). The highest BCUT2D eigenvalue weighted by molar-refractivity contribution is 7.09. The number of halogens is 1. The van der Waals surface area contributed by atoms with Crippen LogP contribution in [-0.2, 0) is 13.1 Å². The van der Waals surface area contributed by atoms with Gasteiger partial charge in [0.25, 0.3) is 0 Å². The minimum absolute atomic E-state index is 0.580. The summed E-state index contributed by atoms with van der Waals surface area (Å²) in [5.41, 5.74) is 2.03. The van der Waals surface area contributed by atoms with Crippen LogP contribution in [0.15, 0.2) is 28.6 Å². The summed E-state index contributed by atoms with van der Waals surface area (Å²) in [6.45, 7) is 3.29. The maximum absolute atomic E-state index is 6.06. The molecule has 2 rings (SSSR count). The number of ether oxygens (including phenoxy) is 1. The third-order valence-corrected chi connectivity index (χ3v) is 4.38. The van der Waals surface area contributed by atoms with E-state index in [1.165, 1.54) is 0 Å². The van der Waals surface area contributed by atoms with Gasteiger partial charge in [-0.15, -0.1) is 11.3 Å². The molecule has 5 nitrogen and oxygen atoms in total. The summed E-state index contributed by atoms with van der Waals surface area (Å²) in [6.07, 6.45) is 0. The van der Waals surface area contributed by atoms with Crippen molar-refractivity contribution in [1.29, 1.82) is 0 Å². The molecule has 7 heteroatoms. The fraction of sp³-hybridized carbons (Fsp3) is 0.375. The summed E-state index contributed by atoms with van der Waals surface area (Å²) in [5.74, 6) is 1.59. The van der Waals surface area contributed by atoms with Crippen LogP contribution in [0.3, 0.4) is 0 Å². The highest BCUT2D eigenvalue weighted by Crippen LogP contribution is 2.22. The molecule has 1 aromatic carbocycles. The lowest BCUT2D eigenvalue weighted by molar-refractivity contribution is 0.408. The lowest BCUT2D eigenvalue weighted by Crippen LogP contribution is -2.38. The number of aliphatic imine (C=N–C) groups is 1. The van der Waals surface area contributed by atoms with Gasteiger partial charge in [0.05, 0.1) is 24.4 Å². The van der Waals surface area contributed by atoms with Crippen LogP contribution in [0.5, 0.6) is 5.75 Å². The van der Waals surface area contributed by atoms with Crippen molar-refractivity contribution in [3.05, 3.63) is 44.9 Å². The lowest BCUT2D eigenvalue weighted by Gasteiger charge is -2.21. The van der Waals surface area contributed by atoms with E-state index in [1.807, 2.05) is 37.1 Å². The Morgan fingerprint density at radius 3 is 2.87 bits per heavy atom. The zero-order valence-corrected chi connectivity index (χ0v) is 15.3. The maximum atomic E-state index is 6.06. The van der Waals surface area contributed by atoms with E-state index in [-0.39, 0.29) is 0 Å². The number of aryl methyl sites for hydroxylation is 1. The summed E-state index contributed by atoms with van der Waals surface area (Å²) in [7, 11) is 5.40. The predicted molar refractivity (Wildman–Crippen MR) is 96.5 cm³/mol. The highest BCUT2D eigenvalue weighted by Gasteiger charge is 2.10. The second-order valence-corrected chi connectivity index (χ2v) is 6.57. The Hall–Kier alpha value is -1.79. The maximum Gasteiger partial charge on any atom is 0.194 e. The smallest absolute Gasteiger partial charge is 0.194 e. The molecule has 1 heterocycles. The molecule has 0 spiro atoms. The number of thiazole rings is 1. The van der Waals surface area contributed by atoms with Gasteiger partial charge in [-0.2, -0.15) is 0 Å². The van der Waals surface area contributed by atoms with Crippen molar-refractivity contribution >= 4 is 28.9 Å². The third kappa shape index (κ3) is 4.84. The first-order valence-electron chi connectivity index (χ1n) is 7.18. The quantitative estimate of drug-likeness (QED) is 0.662. The van der Waals surface area contributed by atoms with Crippen LogP contribution in [0.2, 0.25) is 5.02 Å². The normalized spacial score (nSPS) is 11.4. The molecule has 1 aromatic heterocycles. The van der Waals surface area contributed by atoms with Crippen LogP contribution in [0.4, 0.5) is 0 Å². The van der Waals surface area contributed by atoms with Gasteiger partial charge in [-0.05, 0) is 25.1 Å². The zero-order valence-electron chi connectivity index (χ0n) is 13.8. The fourth-order valence-corrected chi connectivity index (χ4v) is 3.04. The van der Waals surface area contributed by atoms with Crippen molar-refractivity contribution < 1.29 is 4.74 Å². The Morgan fingerprint density at radius 2 is 2.26 bits per heavy atom. The van der Waals surface area contributed by atoms with Gasteiger partial charge in [0.2, 0.25) is 0 Å². The molecule has 0 saturated heterocycles. The summed E-state index contributed by atoms with van der Waals surface area (Å²) in [6, 6.07) is 5.57. The van der Waals surface area contributed by atoms with Crippen molar-refractivity contribution in [1.82, 2.24) is 15.2 Å². The Morgan fingerprint density at radius 1 is 1.48 bits per heavy atom. The topological polar surface area (TPSA) is 49.8 Å². The first kappa shape index (κ1) is 17.6. The fourth-order valence-electron chi connectivity index (χ4n) is 2.24. The Labute approximate surface area is 146 Å². The molecule has 0 aliphatic heterocycles. The van der Waals surface area contributed by atoms with E-state index in [0.29, 0.717) is 18.1 Å². The van der Waals surface area contributed by atoms with Crippen LogP contribution in [-0.4, -0.2) is 37.0 Å². The van der Waals surface area contributed by atoms with E-state index in [9.17, 15) is 0 Å². The van der Waals surface area contributed by atoms with Gasteiger partial charge < -0.3 is 15.0 Å². The van der Waals surface area contributed by atoms with E-state index in [0.717, 1.165) is 28.0 Å². The van der Waals surface area contributed by atoms with Gasteiger partial charge in [0.1, 0.15) is 5.75 Å². The third-order valence-electron chi connectivity index (χ3n) is 3.32. The number of nitrogens with one attached hydrogen (secondary N) is 1. The lowest BCUT2D eigenvalue weighted by atomic mass is 10.2. The molecule has 124 valence electrons. The van der Waals surface area contributed by atoms with Crippen LogP contribution in [0, 0.1) is 6.92 Å². The molecule has 0 aliphatic carbocycles. The molecule has 23 heavy (non-hydrogen) atoms. The van der Waals surface area contributed by atoms with E-state index in [2.05, 4.69) is 20.7 Å². The second-order valence-electron chi connectivity index (χ2n) is 5.07. The molecular formula is C16H21ClN4OS. The van der Waals surface area contributed by atoms with Crippen molar-refractivity contribution in [3.8, 4) is 5.75 Å². The number of rotatable bonds is 5. The number of methoxy groups -OCH3 is 1. The van der Waals surface area contributed by atoms with Gasteiger partial charge in [-0.25, -0.2) is 4.98 Å². The molecule has 2 aromatic rings. The SMILES string of the molecule is CN=C(NCc1cc(Cl)ccc1OC)N(C)Cc1csc(C)n1. The number of nitrogens with zero attached hydrogens (tertiary/aromatic N) is 3. The molecule has 0 aliphatic rings. The van der Waals surface area contributed by atoms with Gasteiger partial charge in [0.15, 0.2) is 5.96 Å². The summed E-state index contributed by atoms with van der Waals surface area (Å²) in [5, 5.41) is 7.15. The Kier molecular flexibility index (Phi) is 6.24. The van der Waals surface area contributed by atoms with Crippen molar-refractivity contribution in [3.63, 3.8) is 0 Å². The molecule has 0 bridgehead atoms. The average molecular weight is 353 g/mol. The molecule has 0 radical (unpaired) electrons. The zero-order chi connectivity index (χ0) is 16.8. The first-order valence-corrected chi connectivity index (χ1v) is 8.44. The monoisotopic (exact) mass is 352 g/mol. The summed E-state index contributed by atoms with van der Waals surface area (Å²) < 4.78 is 5.36. The number of aromatic nitrogens is 1. The van der Waals surface area contributed by atoms with Crippen LogP contribution >= 0.6 is 22.9 Å². The molecule has 0 unspecified atom stereocenters. The van der Waals surface area contributed by atoms with Gasteiger partial charge in [-0.3, -0.25) is 4.99 Å². The van der Waals surface area contributed by atoms with E-state index in [4.69, 9.17) is 16.3 Å².